The minimum atomic E-state index is -0.280. The van der Waals surface area contributed by atoms with Crippen molar-refractivity contribution < 1.29 is 0 Å². The van der Waals surface area contributed by atoms with E-state index in [2.05, 4.69) is 25.7 Å². The first-order chi connectivity index (χ1) is 8.65. The van der Waals surface area contributed by atoms with Crippen molar-refractivity contribution in [1.82, 2.24) is 15.2 Å². The van der Waals surface area contributed by atoms with Crippen molar-refractivity contribution in [3.05, 3.63) is 51.4 Å². The van der Waals surface area contributed by atoms with E-state index in [0.717, 1.165) is 5.56 Å². The zero-order chi connectivity index (χ0) is 13.0. The number of nitrogens with one attached hydrogen (secondary N) is 2. The minimum Gasteiger partial charge on any atom is -0.288 e. The minimum absolute atomic E-state index is 0.217. The number of rotatable bonds is 3. The van der Waals surface area contributed by atoms with E-state index < -0.39 is 0 Å². The van der Waals surface area contributed by atoms with Gasteiger partial charge >= 0.3 is 0 Å². The Kier molecular flexibility index (Phi) is 3.47. The Morgan fingerprint density at radius 3 is 2.61 bits per heavy atom. The molecular weight excluding hydrogens is 230 g/mol. The summed E-state index contributed by atoms with van der Waals surface area (Å²) >= 11 is 0. The highest BCUT2D eigenvalue weighted by Crippen LogP contribution is 2.00. The lowest BCUT2D eigenvalue weighted by atomic mass is 10.2. The maximum absolute atomic E-state index is 11.3. The predicted molar refractivity (Wildman–Crippen MR) is 69.8 cm³/mol. The van der Waals surface area contributed by atoms with Crippen molar-refractivity contribution >= 4 is 12.2 Å². The number of benzene rings is 1. The topological polar surface area (TPSA) is 83.0 Å². The molecule has 1 aromatic heterocycles. The monoisotopic (exact) mass is 243 g/mol. The number of nitrogens with zero attached hydrogens (tertiary/aromatic N) is 3. The van der Waals surface area contributed by atoms with Crippen LogP contribution in [0.4, 0.5) is 5.95 Å². The fraction of sp³-hybridized carbons (Fsp3) is 0.167. The quantitative estimate of drug-likeness (QED) is 0.627. The van der Waals surface area contributed by atoms with E-state index in [4.69, 9.17) is 0 Å². The van der Waals surface area contributed by atoms with Crippen LogP contribution in [0, 0.1) is 13.8 Å². The van der Waals surface area contributed by atoms with Gasteiger partial charge in [-0.25, -0.2) is 5.43 Å². The zero-order valence-corrected chi connectivity index (χ0v) is 10.1. The van der Waals surface area contributed by atoms with Crippen LogP contribution in [0.3, 0.4) is 0 Å². The van der Waals surface area contributed by atoms with Crippen molar-refractivity contribution in [3.63, 3.8) is 0 Å². The number of aryl methyl sites for hydroxylation is 2. The van der Waals surface area contributed by atoms with Gasteiger partial charge in [-0.1, -0.05) is 29.8 Å². The molecule has 2 rings (SSSR count). The van der Waals surface area contributed by atoms with Gasteiger partial charge in [-0.15, -0.1) is 10.2 Å². The Bertz CT molecular complexity index is 615. The van der Waals surface area contributed by atoms with Crippen molar-refractivity contribution in [1.29, 1.82) is 0 Å². The van der Waals surface area contributed by atoms with Gasteiger partial charge in [0.05, 0.1) is 6.21 Å². The van der Waals surface area contributed by atoms with Gasteiger partial charge in [0.1, 0.15) is 5.69 Å². The standard InChI is InChI=1S/C12H13N5O/c1-8-3-5-10(6-4-8)7-13-16-12-14-11(18)9(2)15-17-12/h3-7H,1-2H3,(H2,14,16,17,18)/b13-7-. The van der Waals surface area contributed by atoms with E-state index in [0.29, 0.717) is 5.69 Å². The third-order valence-electron chi connectivity index (χ3n) is 2.32. The van der Waals surface area contributed by atoms with E-state index in [1.165, 1.54) is 5.56 Å². The molecule has 0 saturated carbocycles. The third-order valence-corrected chi connectivity index (χ3v) is 2.32. The zero-order valence-electron chi connectivity index (χ0n) is 10.1. The molecule has 2 aromatic rings. The van der Waals surface area contributed by atoms with Gasteiger partial charge in [-0.2, -0.15) is 5.10 Å². The molecule has 2 N–H and O–H groups in total. The van der Waals surface area contributed by atoms with Crippen molar-refractivity contribution in [2.24, 2.45) is 5.10 Å². The van der Waals surface area contributed by atoms with Crippen LogP contribution in [0.25, 0.3) is 0 Å². The van der Waals surface area contributed by atoms with Crippen LogP contribution in [0.2, 0.25) is 0 Å². The lowest BCUT2D eigenvalue weighted by Gasteiger charge is -1.98. The van der Waals surface area contributed by atoms with Gasteiger partial charge < -0.3 is 0 Å². The molecule has 18 heavy (non-hydrogen) atoms. The normalized spacial score (nSPS) is 10.8. The Hall–Kier alpha value is -2.50. The first-order valence-electron chi connectivity index (χ1n) is 5.44. The van der Waals surface area contributed by atoms with Crippen LogP contribution in [0.5, 0.6) is 0 Å². The molecule has 0 radical (unpaired) electrons. The highest BCUT2D eigenvalue weighted by atomic mass is 16.1. The molecule has 0 amide bonds. The molecule has 0 aliphatic rings. The predicted octanol–water partition coefficient (Wildman–Crippen LogP) is 1.23. The smallest absolute Gasteiger partial charge is 0.274 e. The molecule has 6 heteroatoms. The lowest BCUT2D eigenvalue weighted by molar-refractivity contribution is 0.897. The van der Waals surface area contributed by atoms with E-state index >= 15 is 0 Å². The molecule has 0 atom stereocenters. The Morgan fingerprint density at radius 2 is 1.94 bits per heavy atom. The highest BCUT2D eigenvalue weighted by Gasteiger charge is 1.97. The summed E-state index contributed by atoms with van der Waals surface area (Å²) in [5.41, 5.74) is 4.80. The molecule has 0 spiro atoms. The molecule has 0 aliphatic heterocycles. The van der Waals surface area contributed by atoms with Crippen LogP contribution in [0.15, 0.2) is 34.2 Å². The molecule has 1 heterocycles. The second-order valence-corrected chi connectivity index (χ2v) is 3.87. The molecule has 0 saturated heterocycles. The molecule has 0 unspecified atom stereocenters. The molecular formula is C12H13N5O. The van der Waals surface area contributed by atoms with Crippen LogP contribution in [-0.4, -0.2) is 21.4 Å². The summed E-state index contributed by atoms with van der Waals surface area (Å²) < 4.78 is 0. The highest BCUT2D eigenvalue weighted by molar-refractivity contribution is 5.79. The van der Waals surface area contributed by atoms with E-state index in [9.17, 15) is 4.79 Å². The van der Waals surface area contributed by atoms with Gasteiger partial charge in [-0.05, 0) is 19.4 Å². The Balaban J connectivity index is 2.04. The van der Waals surface area contributed by atoms with Crippen molar-refractivity contribution in [2.75, 3.05) is 5.43 Å². The van der Waals surface area contributed by atoms with Gasteiger partial charge in [0.25, 0.3) is 5.56 Å². The van der Waals surface area contributed by atoms with Crippen LogP contribution in [0.1, 0.15) is 16.8 Å². The maximum atomic E-state index is 11.3. The summed E-state index contributed by atoms with van der Waals surface area (Å²) in [7, 11) is 0. The molecule has 0 fully saturated rings. The number of hydrogen-bond acceptors (Lipinski definition) is 5. The van der Waals surface area contributed by atoms with Gasteiger partial charge in [-0.3, -0.25) is 9.78 Å². The Labute approximate surface area is 104 Å². The summed E-state index contributed by atoms with van der Waals surface area (Å²) in [4.78, 5) is 13.8. The summed E-state index contributed by atoms with van der Waals surface area (Å²) in [6.07, 6.45) is 1.64. The second kappa shape index (κ2) is 5.22. The summed E-state index contributed by atoms with van der Waals surface area (Å²) in [5.74, 6) is 0.217. The molecule has 0 aliphatic carbocycles. The number of hydrogen-bond donors (Lipinski definition) is 2. The fourth-order valence-corrected chi connectivity index (χ4v) is 1.26. The van der Waals surface area contributed by atoms with E-state index in [1.807, 2.05) is 31.2 Å². The first-order valence-corrected chi connectivity index (χ1v) is 5.44. The summed E-state index contributed by atoms with van der Waals surface area (Å²) in [6, 6.07) is 7.89. The van der Waals surface area contributed by atoms with Gasteiger partial charge in [0.2, 0.25) is 5.95 Å². The fourth-order valence-electron chi connectivity index (χ4n) is 1.26. The summed E-state index contributed by atoms with van der Waals surface area (Å²) in [5, 5.41) is 11.4. The molecule has 1 aromatic carbocycles. The number of aromatic nitrogens is 3. The van der Waals surface area contributed by atoms with Crippen LogP contribution < -0.4 is 11.0 Å². The van der Waals surface area contributed by atoms with E-state index in [1.54, 1.807) is 13.1 Å². The third kappa shape index (κ3) is 3.00. The molecule has 6 nitrogen and oxygen atoms in total. The van der Waals surface area contributed by atoms with Crippen molar-refractivity contribution in [2.45, 2.75) is 13.8 Å². The maximum Gasteiger partial charge on any atom is 0.274 e. The SMILES string of the molecule is Cc1ccc(/C=N\Nc2nnc(C)c(=O)[nH]2)cc1. The van der Waals surface area contributed by atoms with E-state index in [-0.39, 0.29) is 11.5 Å². The van der Waals surface area contributed by atoms with Gasteiger partial charge in [0, 0.05) is 0 Å². The van der Waals surface area contributed by atoms with Crippen LogP contribution >= 0.6 is 0 Å². The Morgan fingerprint density at radius 1 is 1.22 bits per heavy atom. The molecule has 92 valence electrons. The molecule has 0 bridgehead atoms. The largest absolute Gasteiger partial charge is 0.288 e. The number of H-pyrrole nitrogens is 1. The second-order valence-electron chi connectivity index (χ2n) is 3.87. The number of hydrazone groups is 1. The van der Waals surface area contributed by atoms with Gasteiger partial charge in [0.15, 0.2) is 0 Å². The lowest BCUT2D eigenvalue weighted by Crippen LogP contribution is -2.15. The van der Waals surface area contributed by atoms with Crippen LogP contribution in [-0.2, 0) is 0 Å². The summed E-state index contributed by atoms with van der Waals surface area (Å²) in [6.45, 7) is 3.61. The average Bonchev–Trinajstić information content (AvgIpc) is 2.36. The number of aromatic amines is 1. The number of anilines is 1. The average molecular weight is 243 g/mol. The first kappa shape index (κ1) is 12.0. The van der Waals surface area contributed by atoms with Crippen molar-refractivity contribution in [3.8, 4) is 0 Å².